The van der Waals surface area contributed by atoms with E-state index in [2.05, 4.69) is 10.1 Å². The lowest BCUT2D eigenvalue weighted by molar-refractivity contribution is -0.138. The molecule has 1 saturated heterocycles. The summed E-state index contributed by atoms with van der Waals surface area (Å²) in [6.07, 6.45) is -0.127. The summed E-state index contributed by atoms with van der Waals surface area (Å²) in [7, 11) is 0. The van der Waals surface area contributed by atoms with Crippen LogP contribution in [0.25, 0.3) is 16.9 Å². The molecule has 0 unspecified atom stereocenters. The number of halogens is 4. The Morgan fingerprint density at radius 2 is 1.84 bits per heavy atom. The number of alkyl halides is 3. The van der Waals surface area contributed by atoms with E-state index >= 15 is 0 Å². The Kier molecular flexibility index (Phi) is 6.38. The predicted molar refractivity (Wildman–Crippen MR) is 127 cm³/mol. The number of carboxylic acids is 1. The maximum absolute atomic E-state index is 14.0. The first-order valence-corrected chi connectivity index (χ1v) is 11.6. The molecule has 4 aromatic rings. The average Bonchev–Trinajstić information content (AvgIpc) is 3.47. The van der Waals surface area contributed by atoms with Crippen molar-refractivity contribution < 1.29 is 27.9 Å². The number of rotatable bonds is 4. The molecule has 5 rings (SSSR count). The maximum atomic E-state index is 14.0. The first kappa shape index (κ1) is 24.8. The van der Waals surface area contributed by atoms with Gasteiger partial charge in [-0.3, -0.25) is 9.30 Å². The van der Waals surface area contributed by atoms with E-state index in [0.29, 0.717) is 30.0 Å². The monoisotopic (exact) mass is 532 g/mol. The van der Waals surface area contributed by atoms with Crippen molar-refractivity contribution in [2.75, 3.05) is 26.2 Å². The van der Waals surface area contributed by atoms with Crippen molar-refractivity contribution in [2.45, 2.75) is 12.7 Å². The van der Waals surface area contributed by atoms with Crippen LogP contribution in [0.2, 0.25) is 5.02 Å². The molecule has 0 radical (unpaired) electrons. The highest BCUT2D eigenvalue weighted by molar-refractivity contribution is 6.33. The Morgan fingerprint density at radius 1 is 1.08 bits per heavy atom. The molecule has 1 aliphatic heterocycles. The van der Waals surface area contributed by atoms with Gasteiger partial charge in [0.25, 0.3) is 0 Å². The number of carbonyl (C=O) groups excluding carboxylic acids is 1. The molecule has 13 heteroatoms. The van der Waals surface area contributed by atoms with Crippen LogP contribution in [0.1, 0.15) is 21.6 Å². The molecule has 1 amide bonds. The van der Waals surface area contributed by atoms with Crippen LogP contribution in [-0.4, -0.2) is 72.3 Å². The molecule has 192 valence electrons. The van der Waals surface area contributed by atoms with Gasteiger partial charge in [-0.1, -0.05) is 29.8 Å². The lowest BCUT2D eigenvalue weighted by Gasteiger charge is -2.34. The Labute approximate surface area is 213 Å². The number of benzene rings is 1. The van der Waals surface area contributed by atoms with Crippen LogP contribution in [-0.2, 0) is 12.7 Å². The van der Waals surface area contributed by atoms with Crippen LogP contribution in [0.3, 0.4) is 0 Å². The number of hydrogen-bond donors (Lipinski definition) is 1. The van der Waals surface area contributed by atoms with Crippen molar-refractivity contribution in [3.8, 4) is 11.3 Å². The lowest BCUT2D eigenvalue weighted by Crippen LogP contribution is -2.49. The summed E-state index contributed by atoms with van der Waals surface area (Å²) in [6, 6.07) is 9.10. The third-order valence-electron chi connectivity index (χ3n) is 6.23. The third-order valence-corrected chi connectivity index (χ3v) is 6.51. The Balaban J connectivity index is 1.31. The van der Waals surface area contributed by atoms with Gasteiger partial charge in [0.2, 0.25) is 0 Å². The van der Waals surface area contributed by atoms with E-state index in [1.165, 1.54) is 11.0 Å². The molecule has 0 spiro atoms. The molecule has 1 N–H and O–H groups in total. The smallest absolute Gasteiger partial charge is 0.416 e. The minimum Gasteiger partial charge on any atom is -0.476 e. The molecule has 0 bridgehead atoms. The SMILES string of the molecule is O=C(O)c1nn(C(=O)N2CCN(Cc3ccc(-c4cnc5ccccn45)cc3C(F)(F)F)CC2)cc1Cl. The van der Waals surface area contributed by atoms with Gasteiger partial charge in [-0.2, -0.15) is 23.0 Å². The van der Waals surface area contributed by atoms with E-state index in [9.17, 15) is 22.8 Å². The van der Waals surface area contributed by atoms with Gasteiger partial charge >= 0.3 is 18.2 Å². The fourth-order valence-corrected chi connectivity index (χ4v) is 4.57. The van der Waals surface area contributed by atoms with Crippen LogP contribution in [0.5, 0.6) is 0 Å². The first-order valence-electron chi connectivity index (χ1n) is 11.2. The number of amides is 1. The molecule has 0 atom stereocenters. The second kappa shape index (κ2) is 9.52. The van der Waals surface area contributed by atoms with Crippen LogP contribution < -0.4 is 0 Å². The standard InChI is InChI=1S/C24H20ClF3N6O3/c25-18-14-34(30-21(18)22(35)36)23(37)32-9-7-31(8-10-32)13-16-5-4-15(11-17(16)24(26,27)28)19-12-29-20-3-1-2-6-33(19)20/h1-6,11-12,14H,7-10,13H2,(H,35,36). The molecule has 3 aromatic heterocycles. The number of imidazole rings is 1. The highest BCUT2D eigenvalue weighted by Gasteiger charge is 2.35. The minimum absolute atomic E-state index is 0.0566. The van der Waals surface area contributed by atoms with Crippen molar-refractivity contribution in [1.82, 2.24) is 29.0 Å². The molecule has 1 aliphatic rings. The summed E-state index contributed by atoms with van der Waals surface area (Å²) in [5.74, 6) is -1.35. The highest BCUT2D eigenvalue weighted by Crippen LogP contribution is 2.36. The van der Waals surface area contributed by atoms with Crippen LogP contribution in [0, 0.1) is 0 Å². The van der Waals surface area contributed by atoms with Crippen LogP contribution in [0.4, 0.5) is 18.0 Å². The Morgan fingerprint density at radius 3 is 2.51 bits per heavy atom. The number of piperazine rings is 1. The molecule has 37 heavy (non-hydrogen) atoms. The zero-order chi connectivity index (χ0) is 26.3. The van der Waals surface area contributed by atoms with Crippen molar-refractivity contribution in [3.63, 3.8) is 0 Å². The van der Waals surface area contributed by atoms with Crippen LogP contribution in [0.15, 0.2) is 55.0 Å². The van der Waals surface area contributed by atoms with E-state index in [4.69, 9.17) is 16.7 Å². The fourth-order valence-electron chi connectivity index (χ4n) is 4.36. The zero-order valence-corrected chi connectivity index (χ0v) is 19.9. The van der Waals surface area contributed by atoms with Gasteiger partial charge in [0.05, 0.1) is 28.7 Å². The second-order valence-corrected chi connectivity index (χ2v) is 8.97. The topological polar surface area (TPSA) is 96.0 Å². The van der Waals surface area contributed by atoms with Crippen LogP contribution >= 0.6 is 11.6 Å². The maximum Gasteiger partial charge on any atom is 0.416 e. The highest BCUT2D eigenvalue weighted by atomic mass is 35.5. The summed E-state index contributed by atoms with van der Waals surface area (Å²) in [6.45, 7) is 1.19. The quantitative estimate of drug-likeness (QED) is 0.420. The summed E-state index contributed by atoms with van der Waals surface area (Å²) in [5, 5.41) is 12.6. The average molecular weight is 533 g/mol. The number of pyridine rings is 1. The lowest BCUT2D eigenvalue weighted by atomic mass is 10.0. The normalized spacial score (nSPS) is 14.9. The second-order valence-electron chi connectivity index (χ2n) is 8.56. The molecular weight excluding hydrogens is 513 g/mol. The molecule has 0 aliphatic carbocycles. The number of fused-ring (bicyclic) bond motifs is 1. The van der Waals surface area contributed by atoms with Crippen molar-refractivity contribution in [3.05, 3.63) is 76.8 Å². The van der Waals surface area contributed by atoms with Gasteiger partial charge in [-0.25, -0.2) is 14.6 Å². The molecule has 9 nitrogen and oxygen atoms in total. The van der Waals surface area contributed by atoms with Gasteiger partial charge in [-0.05, 0) is 23.8 Å². The van der Waals surface area contributed by atoms with Gasteiger partial charge in [0, 0.05) is 44.5 Å². The predicted octanol–water partition coefficient (Wildman–Crippen LogP) is 4.35. The third kappa shape index (κ3) is 4.89. The molecule has 4 heterocycles. The number of carbonyl (C=O) groups is 2. The molecular formula is C24H20ClF3N6O3. The zero-order valence-electron chi connectivity index (χ0n) is 19.2. The number of carboxylic acid groups (broad SMARTS) is 1. The summed E-state index contributed by atoms with van der Waals surface area (Å²) in [4.78, 5) is 31.3. The van der Waals surface area contributed by atoms with E-state index in [0.717, 1.165) is 16.9 Å². The van der Waals surface area contributed by atoms with E-state index in [1.54, 1.807) is 41.1 Å². The molecule has 1 fully saturated rings. The summed E-state index contributed by atoms with van der Waals surface area (Å²) in [5.41, 5.74) is 0.588. The summed E-state index contributed by atoms with van der Waals surface area (Å²) >= 11 is 5.82. The minimum atomic E-state index is -4.55. The number of aromatic carboxylic acids is 1. The summed E-state index contributed by atoms with van der Waals surface area (Å²) < 4.78 is 44.7. The van der Waals surface area contributed by atoms with E-state index in [1.807, 2.05) is 4.90 Å². The van der Waals surface area contributed by atoms with Gasteiger partial charge < -0.3 is 10.0 Å². The Bertz CT molecular complexity index is 1490. The van der Waals surface area contributed by atoms with Gasteiger partial charge in [0.15, 0.2) is 5.69 Å². The number of hydrogen-bond acceptors (Lipinski definition) is 5. The fraction of sp³-hybridized carbons (Fsp3) is 0.250. The first-order chi connectivity index (χ1) is 17.6. The Hall–Kier alpha value is -3.90. The largest absolute Gasteiger partial charge is 0.476 e. The number of nitrogens with zero attached hydrogens (tertiary/aromatic N) is 6. The van der Waals surface area contributed by atoms with Crippen molar-refractivity contribution >= 4 is 29.2 Å². The van der Waals surface area contributed by atoms with E-state index in [-0.39, 0.29) is 30.2 Å². The molecule has 1 aromatic carbocycles. The van der Waals surface area contributed by atoms with Gasteiger partial charge in [0.1, 0.15) is 5.65 Å². The number of aromatic nitrogens is 4. The van der Waals surface area contributed by atoms with Gasteiger partial charge in [-0.15, -0.1) is 0 Å². The van der Waals surface area contributed by atoms with Crippen molar-refractivity contribution in [1.29, 1.82) is 0 Å². The van der Waals surface area contributed by atoms with Crippen molar-refractivity contribution in [2.24, 2.45) is 0 Å². The van der Waals surface area contributed by atoms with E-state index < -0.39 is 29.4 Å². The molecule has 0 saturated carbocycles.